The lowest BCUT2D eigenvalue weighted by molar-refractivity contribution is 0.0191. The van der Waals surface area contributed by atoms with Crippen LogP contribution in [0.3, 0.4) is 0 Å². The van der Waals surface area contributed by atoms with Crippen molar-refractivity contribution in [2.75, 3.05) is 19.8 Å². The summed E-state index contributed by atoms with van der Waals surface area (Å²) in [4.78, 5) is 2.04. The van der Waals surface area contributed by atoms with Gasteiger partial charge in [-0.3, -0.25) is 4.90 Å². The van der Waals surface area contributed by atoms with Crippen LogP contribution in [0.15, 0.2) is 48.5 Å². The first-order valence-electron chi connectivity index (χ1n) is 11.0. The fourth-order valence-electron chi connectivity index (χ4n) is 3.55. The Balaban J connectivity index is 1.97. The molecule has 0 unspecified atom stereocenters. The number of aryl methyl sites for hydroxylation is 1. The minimum Gasteiger partial charge on any atom is -0.436 e. The van der Waals surface area contributed by atoms with Crippen LogP contribution in [0.25, 0.3) is 11.3 Å². The van der Waals surface area contributed by atoms with Gasteiger partial charge in [0.1, 0.15) is 18.1 Å². The predicted octanol–water partition coefficient (Wildman–Crippen LogP) is 4.38. The summed E-state index contributed by atoms with van der Waals surface area (Å²) in [5, 5.41) is 15.1. The second kappa shape index (κ2) is 11.7. The molecule has 0 saturated carbocycles. The molecule has 1 atom stereocenters. The van der Waals surface area contributed by atoms with Crippen molar-refractivity contribution in [2.24, 2.45) is 7.05 Å². The number of hydrogen-bond donors (Lipinski definition) is 1. The summed E-state index contributed by atoms with van der Waals surface area (Å²) < 4.78 is 40.5. The summed E-state index contributed by atoms with van der Waals surface area (Å²) in [5.41, 5.74) is 2.25. The number of ether oxygens (including phenoxy) is 2. The second-order valence-corrected chi connectivity index (χ2v) is 8.20. The number of rotatable bonds is 11. The van der Waals surface area contributed by atoms with Crippen molar-refractivity contribution in [1.29, 1.82) is 0 Å². The third-order valence-corrected chi connectivity index (χ3v) is 5.27. The van der Waals surface area contributed by atoms with Gasteiger partial charge in [0.05, 0.1) is 18.3 Å². The first-order chi connectivity index (χ1) is 16.3. The molecule has 0 radical (unpaired) electrons. The SMILES string of the molecule is C#CCOC[C@H](O)CN(Cc1c(-c2ccccc2)nn(C)c1Oc1ccc(F)cc1F)C(C)C. The minimum absolute atomic E-state index is 0.0570. The molecule has 0 fully saturated rings. The zero-order valence-electron chi connectivity index (χ0n) is 19.5. The molecule has 180 valence electrons. The molecule has 0 aliphatic rings. The van der Waals surface area contributed by atoms with E-state index in [1.54, 1.807) is 7.05 Å². The van der Waals surface area contributed by atoms with Crippen LogP contribution in [-0.2, 0) is 18.3 Å². The highest BCUT2D eigenvalue weighted by molar-refractivity contribution is 5.65. The smallest absolute Gasteiger partial charge is 0.222 e. The standard InChI is InChI=1S/C26H29F2N3O3/c1-5-13-33-17-21(32)15-31(18(2)3)16-22-25(19-9-7-6-8-10-19)29-30(4)26(22)34-24-12-11-20(27)14-23(24)28/h1,6-12,14,18,21,32H,13,15-17H2,2-4H3/t21-/m1/s1. The Bertz CT molecular complexity index is 1130. The number of aromatic nitrogens is 2. The van der Waals surface area contributed by atoms with Crippen LogP contribution in [0.5, 0.6) is 11.6 Å². The predicted molar refractivity (Wildman–Crippen MR) is 126 cm³/mol. The van der Waals surface area contributed by atoms with E-state index < -0.39 is 17.7 Å². The van der Waals surface area contributed by atoms with E-state index in [4.69, 9.17) is 15.9 Å². The van der Waals surface area contributed by atoms with Gasteiger partial charge in [0.2, 0.25) is 5.88 Å². The largest absolute Gasteiger partial charge is 0.436 e. The maximum atomic E-state index is 14.4. The monoisotopic (exact) mass is 469 g/mol. The van der Waals surface area contributed by atoms with Gasteiger partial charge in [-0.2, -0.15) is 5.10 Å². The van der Waals surface area contributed by atoms with Crippen molar-refractivity contribution in [2.45, 2.75) is 32.5 Å². The molecule has 8 heteroatoms. The van der Waals surface area contributed by atoms with Gasteiger partial charge in [-0.15, -0.1) is 6.42 Å². The van der Waals surface area contributed by atoms with Crippen LogP contribution < -0.4 is 4.74 Å². The van der Waals surface area contributed by atoms with E-state index in [0.29, 0.717) is 30.2 Å². The number of halogens is 2. The van der Waals surface area contributed by atoms with Crippen LogP contribution in [-0.4, -0.2) is 51.7 Å². The Kier molecular flexibility index (Phi) is 8.77. The molecule has 0 saturated heterocycles. The topological polar surface area (TPSA) is 59.8 Å². The molecule has 3 aromatic rings. The van der Waals surface area contributed by atoms with Gasteiger partial charge < -0.3 is 14.6 Å². The maximum absolute atomic E-state index is 14.4. The Hall–Kier alpha value is -3.25. The molecule has 0 spiro atoms. The number of aliphatic hydroxyl groups excluding tert-OH is 1. The lowest BCUT2D eigenvalue weighted by Crippen LogP contribution is -2.39. The van der Waals surface area contributed by atoms with E-state index in [0.717, 1.165) is 17.7 Å². The molecule has 1 aromatic heterocycles. The minimum atomic E-state index is -0.810. The third kappa shape index (κ3) is 6.41. The highest BCUT2D eigenvalue weighted by Crippen LogP contribution is 2.35. The number of nitrogens with zero attached hydrogens (tertiary/aromatic N) is 3. The lowest BCUT2D eigenvalue weighted by atomic mass is 10.1. The number of aliphatic hydroxyl groups is 1. The fraction of sp³-hybridized carbons (Fsp3) is 0.346. The summed E-state index contributed by atoms with van der Waals surface area (Å²) in [6, 6.07) is 12.8. The number of terminal acetylenes is 1. The Morgan fingerprint density at radius 2 is 1.91 bits per heavy atom. The zero-order valence-corrected chi connectivity index (χ0v) is 19.5. The van der Waals surface area contributed by atoms with Gasteiger partial charge in [0, 0.05) is 37.8 Å². The van der Waals surface area contributed by atoms with Crippen molar-refractivity contribution >= 4 is 0 Å². The average Bonchev–Trinajstić information content (AvgIpc) is 3.11. The molecule has 0 aliphatic carbocycles. The molecule has 6 nitrogen and oxygen atoms in total. The lowest BCUT2D eigenvalue weighted by Gasteiger charge is -2.29. The highest BCUT2D eigenvalue weighted by Gasteiger charge is 2.25. The summed E-state index contributed by atoms with van der Waals surface area (Å²) in [6.07, 6.45) is 4.44. The Morgan fingerprint density at radius 3 is 2.56 bits per heavy atom. The normalized spacial score (nSPS) is 12.2. The molecule has 34 heavy (non-hydrogen) atoms. The second-order valence-electron chi connectivity index (χ2n) is 8.20. The van der Waals surface area contributed by atoms with E-state index in [1.807, 2.05) is 49.1 Å². The third-order valence-electron chi connectivity index (χ3n) is 5.27. The first-order valence-corrected chi connectivity index (χ1v) is 11.0. The van der Waals surface area contributed by atoms with Crippen LogP contribution in [0.2, 0.25) is 0 Å². The van der Waals surface area contributed by atoms with Gasteiger partial charge in [-0.05, 0) is 26.0 Å². The van der Waals surface area contributed by atoms with E-state index in [1.165, 1.54) is 10.7 Å². The van der Waals surface area contributed by atoms with Crippen molar-refractivity contribution < 1.29 is 23.4 Å². The molecule has 1 N–H and O–H groups in total. The van der Waals surface area contributed by atoms with Crippen LogP contribution in [0.1, 0.15) is 19.4 Å². The van der Waals surface area contributed by atoms with E-state index >= 15 is 0 Å². The van der Waals surface area contributed by atoms with Crippen molar-refractivity contribution in [3.8, 4) is 35.2 Å². The van der Waals surface area contributed by atoms with Gasteiger partial charge in [-0.1, -0.05) is 36.3 Å². The summed E-state index contributed by atoms with van der Waals surface area (Å²) in [7, 11) is 1.70. The molecule has 0 bridgehead atoms. The Morgan fingerprint density at radius 1 is 1.18 bits per heavy atom. The highest BCUT2D eigenvalue weighted by atomic mass is 19.1. The molecule has 1 heterocycles. The Labute approximate surface area is 198 Å². The van der Waals surface area contributed by atoms with Crippen LogP contribution >= 0.6 is 0 Å². The quantitative estimate of drug-likeness (QED) is 0.334. The summed E-state index contributed by atoms with van der Waals surface area (Å²) in [5.74, 6) is 1.10. The number of hydrogen-bond acceptors (Lipinski definition) is 5. The molecular formula is C26H29F2N3O3. The van der Waals surface area contributed by atoms with Crippen molar-refractivity contribution in [1.82, 2.24) is 14.7 Å². The van der Waals surface area contributed by atoms with E-state index in [-0.39, 0.29) is 25.0 Å². The van der Waals surface area contributed by atoms with Gasteiger partial charge in [0.15, 0.2) is 11.6 Å². The average molecular weight is 470 g/mol. The van der Waals surface area contributed by atoms with Crippen LogP contribution in [0.4, 0.5) is 8.78 Å². The molecule has 3 rings (SSSR count). The van der Waals surface area contributed by atoms with Crippen LogP contribution in [0, 0.1) is 24.0 Å². The molecule has 2 aromatic carbocycles. The number of benzene rings is 2. The molecular weight excluding hydrogens is 440 g/mol. The van der Waals surface area contributed by atoms with Crippen molar-refractivity contribution in [3.63, 3.8) is 0 Å². The molecule has 0 amide bonds. The van der Waals surface area contributed by atoms with E-state index in [2.05, 4.69) is 11.0 Å². The van der Waals surface area contributed by atoms with Crippen molar-refractivity contribution in [3.05, 3.63) is 65.7 Å². The molecule has 0 aliphatic heterocycles. The fourth-order valence-corrected chi connectivity index (χ4v) is 3.55. The summed E-state index contributed by atoms with van der Waals surface area (Å²) in [6.45, 7) is 4.92. The summed E-state index contributed by atoms with van der Waals surface area (Å²) >= 11 is 0. The maximum Gasteiger partial charge on any atom is 0.222 e. The van der Waals surface area contributed by atoms with Gasteiger partial charge in [-0.25, -0.2) is 13.5 Å². The zero-order chi connectivity index (χ0) is 24.7. The van der Waals surface area contributed by atoms with E-state index in [9.17, 15) is 13.9 Å². The van der Waals surface area contributed by atoms with Gasteiger partial charge in [0.25, 0.3) is 0 Å². The first kappa shape index (κ1) is 25.4. The van der Waals surface area contributed by atoms with Gasteiger partial charge >= 0.3 is 0 Å².